The molecule has 0 spiro atoms. The van der Waals surface area contributed by atoms with Crippen molar-refractivity contribution in [2.24, 2.45) is 0 Å². The van der Waals surface area contributed by atoms with Gasteiger partial charge in [0, 0.05) is 0 Å². The number of rotatable bonds is 3. The molecule has 5 nitrogen and oxygen atoms in total. The van der Waals surface area contributed by atoms with Crippen LogP contribution < -0.4 is 10.5 Å². The van der Waals surface area contributed by atoms with E-state index in [2.05, 4.69) is 4.98 Å². The zero-order valence-corrected chi connectivity index (χ0v) is 10.6. The lowest BCUT2D eigenvalue weighted by Crippen LogP contribution is -2.24. The number of pyridine rings is 1. The van der Waals surface area contributed by atoms with E-state index in [9.17, 15) is 4.79 Å². The van der Waals surface area contributed by atoms with Gasteiger partial charge in [-0.3, -0.25) is 0 Å². The summed E-state index contributed by atoms with van der Waals surface area (Å²) in [6.07, 6.45) is 0. The molecule has 0 saturated carbocycles. The molecule has 94 valence electrons. The Hall–Kier alpha value is -1.78. The highest BCUT2D eigenvalue weighted by Gasteiger charge is 2.21. The third-order valence-corrected chi connectivity index (χ3v) is 1.78. The fraction of sp³-hybridized carbons (Fsp3) is 0.500. The van der Waals surface area contributed by atoms with Gasteiger partial charge in [0.25, 0.3) is 0 Å². The molecule has 0 saturated heterocycles. The predicted molar refractivity (Wildman–Crippen MR) is 65.0 cm³/mol. The molecule has 17 heavy (non-hydrogen) atoms. The third-order valence-electron chi connectivity index (χ3n) is 1.78. The number of nitrogen functional groups attached to an aromatic ring is 1. The van der Waals surface area contributed by atoms with Crippen molar-refractivity contribution in [1.29, 1.82) is 0 Å². The van der Waals surface area contributed by atoms with Crippen LogP contribution in [0.3, 0.4) is 0 Å². The second-order valence-electron chi connectivity index (χ2n) is 4.52. The highest BCUT2D eigenvalue weighted by Crippen LogP contribution is 2.21. The highest BCUT2D eigenvalue weighted by atomic mass is 16.6. The Bertz CT molecular complexity index is 411. The molecule has 0 aliphatic carbocycles. The minimum absolute atomic E-state index is 0.210. The second-order valence-corrected chi connectivity index (χ2v) is 4.52. The fourth-order valence-corrected chi connectivity index (χ4v) is 1.19. The van der Waals surface area contributed by atoms with Crippen LogP contribution in [0.25, 0.3) is 0 Å². The number of anilines is 1. The van der Waals surface area contributed by atoms with E-state index in [1.54, 1.807) is 32.9 Å². The molecule has 0 radical (unpaired) electrons. The van der Waals surface area contributed by atoms with Crippen LogP contribution in [0, 0.1) is 0 Å². The van der Waals surface area contributed by atoms with Crippen LogP contribution in [-0.2, 0) is 4.74 Å². The quantitative estimate of drug-likeness (QED) is 0.815. The van der Waals surface area contributed by atoms with Crippen molar-refractivity contribution in [3.8, 4) is 5.88 Å². The zero-order chi connectivity index (χ0) is 13.1. The standard InChI is InChI=1S/C12H18N2O3/c1-5-16-10-8(6-7-9(13)14-10)11(15)17-12(2,3)4/h6-7H,5H2,1-4H3,(H2,13,14). The highest BCUT2D eigenvalue weighted by molar-refractivity contribution is 5.92. The van der Waals surface area contributed by atoms with Gasteiger partial charge in [-0.05, 0) is 39.8 Å². The van der Waals surface area contributed by atoms with Gasteiger partial charge in [0.15, 0.2) is 0 Å². The van der Waals surface area contributed by atoms with Gasteiger partial charge in [-0.1, -0.05) is 0 Å². The van der Waals surface area contributed by atoms with Gasteiger partial charge in [-0.15, -0.1) is 0 Å². The molecule has 0 amide bonds. The summed E-state index contributed by atoms with van der Waals surface area (Å²) in [4.78, 5) is 15.9. The Balaban J connectivity index is 3.00. The Morgan fingerprint density at radius 3 is 2.59 bits per heavy atom. The summed E-state index contributed by atoms with van der Waals surface area (Å²) in [7, 11) is 0. The largest absolute Gasteiger partial charge is 0.477 e. The summed E-state index contributed by atoms with van der Waals surface area (Å²) in [5.74, 6) is 0.0518. The molecule has 1 aromatic heterocycles. The van der Waals surface area contributed by atoms with Gasteiger partial charge in [0.05, 0.1) is 6.61 Å². The maximum atomic E-state index is 11.9. The molecule has 0 bridgehead atoms. The minimum atomic E-state index is -0.554. The van der Waals surface area contributed by atoms with E-state index in [1.807, 2.05) is 6.92 Å². The molecular weight excluding hydrogens is 220 g/mol. The molecule has 0 unspecified atom stereocenters. The van der Waals surface area contributed by atoms with Crippen molar-refractivity contribution in [3.63, 3.8) is 0 Å². The first-order valence-corrected chi connectivity index (χ1v) is 5.46. The number of hydrogen-bond acceptors (Lipinski definition) is 5. The lowest BCUT2D eigenvalue weighted by molar-refractivity contribution is 0.00652. The van der Waals surface area contributed by atoms with Crippen molar-refractivity contribution in [1.82, 2.24) is 4.98 Å². The zero-order valence-electron chi connectivity index (χ0n) is 10.6. The molecule has 1 rings (SSSR count). The van der Waals surface area contributed by atoms with Crippen LogP contribution in [0.5, 0.6) is 5.88 Å². The van der Waals surface area contributed by atoms with E-state index in [1.165, 1.54) is 0 Å². The number of nitrogens with zero attached hydrogens (tertiary/aromatic N) is 1. The Labute approximate surface area is 101 Å². The van der Waals surface area contributed by atoms with Crippen molar-refractivity contribution in [2.45, 2.75) is 33.3 Å². The molecule has 0 aromatic carbocycles. The number of carbonyl (C=O) groups is 1. The first kappa shape index (κ1) is 13.3. The molecule has 0 atom stereocenters. The summed E-state index contributed by atoms with van der Waals surface area (Å²) < 4.78 is 10.5. The topological polar surface area (TPSA) is 74.4 Å². The van der Waals surface area contributed by atoms with Crippen LogP contribution >= 0.6 is 0 Å². The van der Waals surface area contributed by atoms with Crippen molar-refractivity contribution in [3.05, 3.63) is 17.7 Å². The van der Waals surface area contributed by atoms with Crippen molar-refractivity contribution in [2.75, 3.05) is 12.3 Å². The van der Waals surface area contributed by atoms with E-state index < -0.39 is 11.6 Å². The molecule has 5 heteroatoms. The van der Waals surface area contributed by atoms with Crippen LogP contribution in [0.4, 0.5) is 5.82 Å². The molecule has 0 aliphatic rings. The van der Waals surface area contributed by atoms with Crippen LogP contribution in [0.2, 0.25) is 0 Å². The van der Waals surface area contributed by atoms with E-state index >= 15 is 0 Å². The van der Waals surface area contributed by atoms with Crippen LogP contribution in [0.15, 0.2) is 12.1 Å². The maximum absolute atomic E-state index is 11.9. The number of ether oxygens (including phenoxy) is 2. The average Bonchev–Trinajstić information content (AvgIpc) is 2.15. The van der Waals surface area contributed by atoms with Crippen LogP contribution in [0.1, 0.15) is 38.1 Å². The first-order valence-electron chi connectivity index (χ1n) is 5.46. The number of aromatic nitrogens is 1. The Morgan fingerprint density at radius 2 is 2.06 bits per heavy atom. The van der Waals surface area contributed by atoms with Crippen LogP contribution in [-0.4, -0.2) is 23.2 Å². The second kappa shape index (κ2) is 5.03. The SMILES string of the molecule is CCOc1nc(N)ccc1C(=O)OC(C)(C)C. The number of nitrogens with two attached hydrogens (primary N) is 1. The summed E-state index contributed by atoms with van der Waals surface area (Å²) in [5.41, 5.74) is 5.28. The number of carbonyl (C=O) groups excluding carboxylic acids is 1. The summed E-state index contributed by atoms with van der Waals surface area (Å²) in [6, 6.07) is 3.10. The van der Waals surface area contributed by atoms with E-state index in [0.29, 0.717) is 12.4 Å². The first-order chi connectivity index (χ1) is 7.83. The molecule has 0 aliphatic heterocycles. The Morgan fingerprint density at radius 1 is 1.41 bits per heavy atom. The summed E-state index contributed by atoms with van der Waals surface area (Å²) in [5, 5.41) is 0. The fourth-order valence-electron chi connectivity index (χ4n) is 1.19. The predicted octanol–water partition coefficient (Wildman–Crippen LogP) is 2.02. The van der Waals surface area contributed by atoms with Gasteiger partial charge in [-0.25, -0.2) is 4.79 Å². The molecule has 2 N–H and O–H groups in total. The van der Waals surface area contributed by atoms with Gasteiger partial charge in [0.1, 0.15) is 17.0 Å². The Kier molecular flexibility index (Phi) is 3.93. The van der Waals surface area contributed by atoms with E-state index in [4.69, 9.17) is 15.2 Å². The van der Waals surface area contributed by atoms with Gasteiger partial charge in [-0.2, -0.15) is 4.98 Å². The van der Waals surface area contributed by atoms with Gasteiger partial charge >= 0.3 is 5.97 Å². The monoisotopic (exact) mass is 238 g/mol. The minimum Gasteiger partial charge on any atom is -0.477 e. The van der Waals surface area contributed by atoms with Crippen molar-refractivity contribution >= 4 is 11.8 Å². The van der Waals surface area contributed by atoms with Crippen molar-refractivity contribution < 1.29 is 14.3 Å². The lowest BCUT2D eigenvalue weighted by Gasteiger charge is -2.20. The summed E-state index contributed by atoms with van der Waals surface area (Å²) >= 11 is 0. The average molecular weight is 238 g/mol. The van der Waals surface area contributed by atoms with Gasteiger partial charge in [0.2, 0.25) is 5.88 Å². The van der Waals surface area contributed by atoms with E-state index in [-0.39, 0.29) is 11.4 Å². The molecular formula is C12H18N2O3. The van der Waals surface area contributed by atoms with E-state index in [0.717, 1.165) is 0 Å². The molecule has 1 aromatic rings. The molecule has 0 fully saturated rings. The lowest BCUT2D eigenvalue weighted by atomic mass is 10.2. The molecule has 1 heterocycles. The third kappa shape index (κ3) is 3.94. The van der Waals surface area contributed by atoms with Gasteiger partial charge < -0.3 is 15.2 Å². The summed E-state index contributed by atoms with van der Waals surface area (Å²) in [6.45, 7) is 7.62. The maximum Gasteiger partial charge on any atom is 0.344 e. The number of hydrogen-bond donors (Lipinski definition) is 1. The smallest absolute Gasteiger partial charge is 0.344 e. The number of esters is 1. The normalized spacial score (nSPS) is 11.1.